The zero-order valence-corrected chi connectivity index (χ0v) is 20.3. The summed E-state index contributed by atoms with van der Waals surface area (Å²) in [6.07, 6.45) is -0.549. The lowest BCUT2D eigenvalue weighted by atomic mass is 9.91. The monoisotopic (exact) mass is 480 g/mol. The second-order valence-electron chi connectivity index (χ2n) is 10.1. The van der Waals surface area contributed by atoms with E-state index < -0.39 is 35.7 Å². The van der Waals surface area contributed by atoms with Crippen LogP contribution in [0, 0.1) is 5.92 Å². The summed E-state index contributed by atoms with van der Waals surface area (Å²) < 4.78 is 11.1. The van der Waals surface area contributed by atoms with Gasteiger partial charge in [-0.25, -0.2) is 9.59 Å². The Morgan fingerprint density at radius 2 is 1.63 bits per heavy atom. The average Bonchev–Trinajstić information content (AvgIpc) is 3.13. The van der Waals surface area contributed by atoms with Gasteiger partial charge in [0, 0.05) is 19.0 Å². The Morgan fingerprint density at radius 1 is 1.03 bits per heavy atom. The molecule has 0 spiro atoms. The third kappa shape index (κ3) is 5.58. The number of carbonyl (C=O) groups is 3. The van der Waals surface area contributed by atoms with Gasteiger partial charge in [-0.05, 0) is 55.9 Å². The Morgan fingerprint density at radius 3 is 2.20 bits per heavy atom. The molecule has 2 aliphatic rings. The number of rotatable bonds is 5. The van der Waals surface area contributed by atoms with E-state index in [1.54, 1.807) is 20.8 Å². The Labute approximate surface area is 205 Å². The van der Waals surface area contributed by atoms with E-state index in [1.807, 2.05) is 24.3 Å². The van der Waals surface area contributed by atoms with Crippen LogP contribution in [0.15, 0.2) is 48.5 Å². The van der Waals surface area contributed by atoms with E-state index in [2.05, 4.69) is 29.6 Å². The molecule has 8 heteroatoms. The molecule has 186 valence electrons. The largest absolute Gasteiger partial charge is 0.481 e. The number of hydrogen-bond donors (Lipinski definition) is 2. The zero-order chi connectivity index (χ0) is 25.2. The van der Waals surface area contributed by atoms with Crippen molar-refractivity contribution in [2.45, 2.75) is 51.2 Å². The molecule has 0 aromatic heterocycles. The molecule has 0 unspecified atom stereocenters. The van der Waals surface area contributed by atoms with E-state index in [0.29, 0.717) is 6.42 Å². The second-order valence-corrected chi connectivity index (χ2v) is 10.1. The predicted octanol–water partition coefficient (Wildman–Crippen LogP) is 4.63. The van der Waals surface area contributed by atoms with Gasteiger partial charge >= 0.3 is 18.2 Å². The van der Waals surface area contributed by atoms with Gasteiger partial charge in [0.05, 0.1) is 12.0 Å². The van der Waals surface area contributed by atoms with Gasteiger partial charge in [-0.2, -0.15) is 0 Å². The normalized spacial score (nSPS) is 19.5. The number of carboxylic acids is 1. The lowest BCUT2D eigenvalue weighted by Crippen LogP contribution is -2.52. The van der Waals surface area contributed by atoms with Crippen LogP contribution in [0.3, 0.4) is 0 Å². The van der Waals surface area contributed by atoms with E-state index in [-0.39, 0.29) is 32.0 Å². The molecule has 1 aliphatic carbocycles. The van der Waals surface area contributed by atoms with Gasteiger partial charge in [0.1, 0.15) is 12.2 Å². The number of carboxylic acid groups (broad SMARTS) is 1. The van der Waals surface area contributed by atoms with Gasteiger partial charge in [0.15, 0.2) is 0 Å². The van der Waals surface area contributed by atoms with Crippen LogP contribution in [0.4, 0.5) is 9.59 Å². The van der Waals surface area contributed by atoms with E-state index in [0.717, 1.165) is 22.3 Å². The topological polar surface area (TPSA) is 105 Å². The molecule has 0 bridgehead atoms. The van der Waals surface area contributed by atoms with Gasteiger partial charge in [-0.15, -0.1) is 0 Å². The molecule has 4 rings (SSSR count). The number of amides is 2. The summed E-state index contributed by atoms with van der Waals surface area (Å²) in [4.78, 5) is 38.4. The Bertz CT molecular complexity index is 1060. The highest BCUT2D eigenvalue weighted by Gasteiger charge is 2.37. The average molecular weight is 481 g/mol. The standard InChI is InChI=1S/C27H32N2O6/c1-27(2,3)35-25(32)28-15-18-14-17(24(30)31)12-13-29(18)26(33)34-16-23-21-10-6-4-8-19(21)20-9-5-7-11-22(20)23/h4-11,17-18,23H,12-16H2,1-3H3,(H,28,32)(H,30,31)/t17-,18+/m0/s1. The summed E-state index contributed by atoms with van der Waals surface area (Å²) >= 11 is 0. The molecule has 0 saturated carbocycles. The quantitative estimate of drug-likeness (QED) is 0.647. The number of nitrogens with zero attached hydrogens (tertiary/aromatic N) is 1. The van der Waals surface area contributed by atoms with E-state index in [1.165, 1.54) is 4.90 Å². The Kier molecular flexibility index (Phi) is 7.00. The van der Waals surface area contributed by atoms with Crippen molar-refractivity contribution in [2.24, 2.45) is 5.92 Å². The fourth-order valence-corrected chi connectivity index (χ4v) is 4.90. The van der Waals surface area contributed by atoms with Crippen LogP contribution >= 0.6 is 0 Å². The number of benzene rings is 2. The van der Waals surface area contributed by atoms with Crippen LogP contribution in [-0.2, 0) is 14.3 Å². The predicted molar refractivity (Wildman–Crippen MR) is 130 cm³/mol. The Balaban J connectivity index is 1.44. The third-order valence-corrected chi connectivity index (χ3v) is 6.52. The van der Waals surface area contributed by atoms with Crippen molar-refractivity contribution in [1.29, 1.82) is 0 Å². The minimum absolute atomic E-state index is 0.0683. The van der Waals surface area contributed by atoms with Crippen LogP contribution in [-0.4, -0.2) is 59.5 Å². The first kappa shape index (κ1) is 24.6. The van der Waals surface area contributed by atoms with Crippen molar-refractivity contribution in [3.8, 4) is 11.1 Å². The van der Waals surface area contributed by atoms with Crippen LogP contribution in [0.25, 0.3) is 11.1 Å². The molecular formula is C27H32N2O6. The molecule has 2 amide bonds. The molecule has 1 fully saturated rings. The van der Waals surface area contributed by atoms with Crippen LogP contribution < -0.4 is 5.32 Å². The van der Waals surface area contributed by atoms with Gasteiger partial charge in [-0.1, -0.05) is 48.5 Å². The second kappa shape index (κ2) is 9.98. The fourth-order valence-electron chi connectivity index (χ4n) is 4.90. The maximum absolute atomic E-state index is 13.2. The highest BCUT2D eigenvalue weighted by Crippen LogP contribution is 2.44. The minimum atomic E-state index is -0.903. The van der Waals surface area contributed by atoms with Crippen molar-refractivity contribution in [3.05, 3.63) is 59.7 Å². The van der Waals surface area contributed by atoms with Crippen LogP contribution in [0.5, 0.6) is 0 Å². The smallest absolute Gasteiger partial charge is 0.410 e. The lowest BCUT2D eigenvalue weighted by molar-refractivity contribution is -0.143. The highest BCUT2D eigenvalue weighted by atomic mass is 16.6. The fraction of sp³-hybridized carbons (Fsp3) is 0.444. The van der Waals surface area contributed by atoms with Crippen molar-refractivity contribution >= 4 is 18.2 Å². The summed E-state index contributed by atoms with van der Waals surface area (Å²) in [5.41, 5.74) is 3.87. The number of alkyl carbamates (subject to hydrolysis) is 1. The molecule has 2 atom stereocenters. The molecule has 1 saturated heterocycles. The van der Waals surface area contributed by atoms with Gasteiger partial charge in [-0.3, -0.25) is 4.79 Å². The van der Waals surface area contributed by atoms with E-state index >= 15 is 0 Å². The molecule has 2 aromatic rings. The molecule has 1 aliphatic heterocycles. The van der Waals surface area contributed by atoms with Crippen LogP contribution in [0.1, 0.15) is 50.7 Å². The number of hydrogen-bond acceptors (Lipinski definition) is 5. The van der Waals surface area contributed by atoms with Crippen molar-refractivity contribution in [1.82, 2.24) is 10.2 Å². The number of fused-ring (bicyclic) bond motifs is 3. The molecule has 35 heavy (non-hydrogen) atoms. The molecule has 1 heterocycles. The molecule has 8 nitrogen and oxygen atoms in total. The highest BCUT2D eigenvalue weighted by molar-refractivity contribution is 5.79. The summed E-state index contributed by atoms with van der Waals surface area (Å²) in [7, 11) is 0. The first-order chi connectivity index (χ1) is 16.6. The molecule has 0 radical (unpaired) electrons. The zero-order valence-electron chi connectivity index (χ0n) is 20.3. The van der Waals surface area contributed by atoms with Crippen molar-refractivity contribution in [3.63, 3.8) is 0 Å². The Hall–Kier alpha value is -3.55. The lowest BCUT2D eigenvalue weighted by Gasteiger charge is -2.37. The maximum Gasteiger partial charge on any atom is 0.410 e. The minimum Gasteiger partial charge on any atom is -0.481 e. The number of carbonyl (C=O) groups excluding carboxylic acids is 2. The number of likely N-dealkylation sites (tertiary alicyclic amines) is 1. The van der Waals surface area contributed by atoms with Crippen molar-refractivity contribution in [2.75, 3.05) is 19.7 Å². The first-order valence-corrected chi connectivity index (χ1v) is 12.0. The van der Waals surface area contributed by atoms with Gasteiger partial charge < -0.3 is 24.8 Å². The number of aliphatic carboxylic acids is 1. The summed E-state index contributed by atoms with van der Waals surface area (Å²) in [5.74, 6) is -1.56. The van der Waals surface area contributed by atoms with E-state index in [9.17, 15) is 19.5 Å². The first-order valence-electron chi connectivity index (χ1n) is 12.0. The maximum atomic E-state index is 13.2. The van der Waals surface area contributed by atoms with Gasteiger partial charge in [0.2, 0.25) is 0 Å². The summed E-state index contributed by atoms with van der Waals surface area (Å²) in [5, 5.41) is 12.2. The number of piperidine rings is 1. The summed E-state index contributed by atoms with van der Waals surface area (Å²) in [6, 6.07) is 15.7. The van der Waals surface area contributed by atoms with Gasteiger partial charge in [0.25, 0.3) is 0 Å². The number of nitrogens with one attached hydrogen (secondary N) is 1. The van der Waals surface area contributed by atoms with E-state index in [4.69, 9.17) is 9.47 Å². The molecule has 2 N–H and O–H groups in total. The summed E-state index contributed by atoms with van der Waals surface area (Å²) in [6.45, 7) is 5.79. The SMILES string of the molecule is CC(C)(C)OC(=O)NC[C@H]1C[C@@H](C(=O)O)CCN1C(=O)OCC1c2ccccc2-c2ccccc21. The molecule has 2 aromatic carbocycles. The number of ether oxygens (including phenoxy) is 2. The molecular weight excluding hydrogens is 448 g/mol. The van der Waals surface area contributed by atoms with Crippen molar-refractivity contribution < 1.29 is 29.0 Å². The van der Waals surface area contributed by atoms with Crippen LogP contribution in [0.2, 0.25) is 0 Å². The third-order valence-electron chi connectivity index (χ3n) is 6.52.